The van der Waals surface area contributed by atoms with Gasteiger partial charge in [-0.05, 0) is 18.9 Å². The third-order valence-electron chi connectivity index (χ3n) is 4.15. The smallest absolute Gasteiger partial charge is 0.295 e. The molecule has 9 heteroatoms. The van der Waals surface area contributed by atoms with E-state index in [1.54, 1.807) is 4.68 Å². The van der Waals surface area contributed by atoms with Gasteiger partial charge in [-0.1, -0.05) is 17.7 Å². The van der Waals surface area contributed by atoms with Crippen LogP contribution in [0.2, 0.25) is 5.15 Å². The number of fused-ring (bicyclic) bond motifs is 1. The van der Waals surface area contributed by atoms with E-state index in [9.17, 15) is 19.3 Å². The van der Waals surface area contributed by atoms with Crippen LogP contribution in [0.4, 0.5) is 15.8 Å². The Morgan fingerprint density at radius 3 is 2.64 bits per heavy atom. The van der Waals surface area contributed by atoms with Crippen molar-refractivity contribution in [2.75, 3.05) is 11.9 Å². The Morgan fingerprint density at radius 1 is 1.36 bits per heavy atom. The van der Waals surface area contributed by atoms with Crippen LogP contribution in [0.25, 0.3) is 11.1 Å². The fourth-order valence-electron chi connectivity index (χ4n) is 2.98. The summed E-state index contributed by atoms with van der Waals surface area (Å²) in [5, 5.41) is 14.1. The Labute approximate surface area is 147 Å². The van der Waals surface area contributed by atoms with Gasteiger partial charge < -0.3 is 5.32 Å². The summed E-state index contributed by atoms with van der Waals surface area (Å²) in [5.74, 6) is -0.863. The molecule has 0 spiro atoms. The van der Waals surface area contributed by atoms with Crippen LogP contribution in [-0.2, 0) is 13.1 Å². The summed E-state index contributed by atoms with van der Waals surface area (Å²) in [4.78, 5) is 23.1. The molecule has 0 aliphatic carbocycles. The molecule has 7 nitrogen and oxygen atoms in total. The molecule has 1 aromatic heterocycles. The van der Waals surface area contributed by atoms with Crippen molar-refractivity contribution in [3.8, 4) is 11.1 Å². The predicted octanol–water partition coefficient (Wildman–Crippen LogP) is 3.41. The Kier molecular flexibility index (Phi) is 4.63. The van der Waals surface area contributed by atoms with Gasteiger partial charge in [0.1, 0.15) is 16.7 Å². The highest BCUT2D eigenvalue weighted by atomic mass is 35.5. The summed E-state index contributed by atoms with van der Waals surface area (Å²) in [5.41, 5.74) is -0.736. The minimum Gasteiger partial charge on any atom is -0.376 e. The Bertz CT molecular complexity index is 919. The van der Waals surface area contributed by atoms with E-state index in [4.69, 9.17) is 11.6 Å². The third-order valence-corrected chi connectivity index (χ3v) is 4.53. The fraction of sp³-hybridized carbons (Fsp3) is 0.312. The number of nitrogens with zero attached hydrogens (tertiary/aromatic N) is 3. The summed E-state index contributed by atoms with van der Waals surface area (Å²) >= 11 is 6.32. The molecule has 0 bridgehead atoms. The highest BCUT2D eigenvalue weighted by molar-refractivity contribution is 6.32. The van der Waals surface area contributed by atoms with Gasteiger partial charge >= 0.3 is 0 Å². The molecule has 2 aromatic rings. The molecule has 2 heterocycles. The molecule has 1 N–H and O–H groups in total. The Morgan fingerprint density at radius 2 is 2.04 bits per heavy atom. The Hall–Kier alpha value is -2.61. The molecule has 0 saturated carbocycles. The van der Waals surface area contributed by atoms with Crippen LogP contribution in [0.1, 0.15) is 12.8 Å². The number of rotatable bonds is 5. The van der Waals surface area contributed by atoms with Crippen molar-refractivity contribution in [1.29, 1.82) is 0 Å². The normalized spacial score (nSPS) is 13.4. The summed E-state index contributed by atoms with van der Waals surface area (Å²) in [6.07, 6.45) is 3.24. The average Bonchev–Trinajstić information content (AvgIpc) is 2.85. The topological polar surface area (TPSA) is 82.1 Å². The van der Waals surface area contributed by atoms with Crippen LogP contribution in [0.15, 0.2) is 29.6 Å². The summed E-state index contributed by atoms with van der Waals surface area (Å²) in [6.45, 7) is 4.87. The molecule has 0 atom stereocenters. The maximum Gasteiger partial charge on any atom is 0.295 e. The van der Waals surface area contributed by atoms with Crippen molar-refractivity contribution in [2.45, 2.75) is 25.9 Å². The number of nitrogens with one attached hydrogen (secondary N) is 1. The second-order valence-electron chi connectivity index (χ2n) is 5.70. The van der Waals surface area contributed by atoms with E-state index >= 15 is 0 Å². The van der Waals surface area contributed by atoms with Crippen molar-refractivity contribution in [1.82, 2.24) is 9.36 Å². The van der Waals surface area contributed by atoms with Crippen molar-refractivity contribution < 1.29 is 9.31 Å². The van der Waals surface area contributed by atoms with Gasteiger partial charge in [-0.2, -0.15) is 0 Å². The van der Waals surface area contributed by atoms with E-state index in [0.29, 0.717) is 13.1 Å². The zero-order chi connectivity index (χ0) is 18.1. The first-order valence-electron chi connectivity index (χ1n) is 7.78. The lowest BCUT2D eigenvalue weighted by atomic mass is 10.1. The lowest BCUT2D eigenvalue weighted by molar-refractivity contribution is -0.384. The number of aromatic nitrogens is 2. The molecule has 25 heavy (non-hydrogen) atoms. The van der Waals surface area contributed by atoms with Gasteiger partial charge in [0, 0.05) is 25.2 Å². The quantitative estimate of drug-likeness (QED) is 0.499. The number of benzene rings is 1. The number of nitro groups is 1. The van der Waals surface area contributed by atoms with Crippen LogP contribution in [0, 0.1) is 15.9 Å². The summed E-state index contributed by atoms with van der Waals surface area (Å²) in [7, 11) is 0. The van der Waals surface area contributed by atoms with Gasteiger partial charge in [-0.25, -0.2) is 9.07 Å². The van der Waals surface area contributed by atoms with Crippen LogP contribution in [-0.4, -0.2) is 20.8 Å². The first-order valence-corrected chi connectivity index (χ1v) is 8.15. The molecule has 1 aliphatic heterocycles. The second-order valence-corrected chi connectivity index (χ2v) is 6.06. The molecular formula is C16H16ClFN4O3. The molecule has 1 aromatic carbocycles. The van der Waals surface area contributed by atoms with E-state index in [0.717, 1.165) is 18.9 Å². The zero-order valence-corrected chi connectivity index (χ0v) is 14.1. The van der Waals surface area contributed by atoms with Gasteiger partial charge in [0.05, 0.1) is 16.6 Å². The van der Waals surface area contributed by atoms with Crippen LogP contribution in [0.3, 0.4) is 0 Å². The van der Waals surface area contributed by atoms with Gasteiger partial charge in [-0.15, -0.1) is 6.58 Å². The molecule has 0 unspecified atom stereocenters. The number of anilines is 1. The lowest BCUT2D eigenvalue weighted by Crippen LogP contribution is -2.27. The van der Waals surface area contributed by atoms with Crippen molar-refractivity contribution >= 4 is 23.0 Å². The zero-order valence-electron chi connectivity index (χ0n) is 13.3. The monoisotopic (exact) mass is 366 g/mol. The molecular weight excluding hydrogens is 351 g/mol. The van der Waals surface area contributed by atoms with Gasteiger partial charge in [0.25, 0.3) is 11.2 Å². The summed E-state index contributed by atoms with van der Waals surface area (Å²) in [6, 6.07) is 2.06. The molecule has 3 rings (SSSR count). The molecule has 1 aliphatic rings. The van der Waals surface area contributed by atoms with Crippen molar-refractivity contribution in [3.63, 3.8) is 0 Å². The van der Waals surface area contributed by atoms with Gasteiger partial charge in [0.2, 0.25) is 0 Å². The maximum absolute atomic E-state index is 14.6. The molecule has 132 valence electrons. The number of halogens is 2. The predicted molar refractivity (Wildman–Crippen MR) is 93.7 cm³/mol. The van der Waals surface area contributed by atoms with E-state index in [1.165, 1.54) is 16.8 Å². The van der Waals surface area contributed by atoms with E-state index in [-0.39, 0.29) is 28.5 Å². The fourth-order valence-corrected chi connectivity index (χ4v) is 3.34. The molecule has 0 amide bonds. The average molecular weight is 367 g/mol. The third kappa shape index (κ3) is 2.93. The molecule has 0 fully saturated rings. The lowest BCUT2D eigenvalue weighted by Gasteiger charge is -2.17. The van der Waals surface area contributed by atoms with Crippen LogP contribution in [0.5, 0.6) is 0 Å². The number of nitro benzene ring substituents is 1. The van der Waals surface area contributed by atoms with Gasteiger partial charge in [0.15, 0.2) is 0 Å². The first-order chi connectivity index (χ1) is 12.0. The van der Waals surface area contributed by atoms with Crippen molar-refractivity contribution in [2.24, 2.45) is 0 Å². The minimum atomic E-state index is -0.863. The highest BCUT2D eigenvalue weighted by Crippen LogP contribution is 2.35. The van der Waals surface area contributed by atoms with E-state index in [1.807, 2.05) is 0 Å². The molecule has 0 saturated heterocycles. The molecule has 0 radical (unpaired) electrons. The SMILES string of the molecule is C=CCNc1cc(-c2c(Cl)n3n(c2=O)CCCC3)c(F)cc1[N+](=O)[O-]. The van der Waals surface area contributed by atoms with E-state index in [2.05, 4.69) is 11.9 Å². The maximum atomic E-state index is 14.6. The Balaban J connectivity index is 2.21. The number of hydrogen-bond donors (Lipinski definition) is 1. The minimum absolute atomic E-state index is 0.0256. The van der Waals surface area contributed by atoms with E-state index < -0.39 is 22.0 Å². The van der Waals surface area contributed by atoms with Crippen LogP contribution < -0.4 is 10.9 Å². The number of hydrogen-bond acceptors (Lipinski definition) is 4. The first kappa shape index (κ1) is 17.2. The van der Waals surface area contributed by atoms with Gasteiger partial charge in [-0.3, -0.25) is 19.6 Å². The summed E-state index contributed by atoms with van der Waals surface area (Å²) < 4.78 is 17.7. The largest absolute Gasteiger partial charge is 0.376 e. The van der Waals surface area contributed by atoms with Crippen molar-refractivity contribution in [3.05, 3.63) is 56.2 Å². The second kappa shape index (κ2) is 6.72. The standard InChI is InChI=1S/C16H16ClFN4O3/c1-2-5-19-12-8-10(11(18)9-13(12)22(24)25)14-15(17)20-6-3-4-7-21(20)16(14)23/h2,8-9,19H,1,3-7H2. The highest BCUT2D eigenvalue weighted by Gasteiger charge is 2.27. The van der Waals surface area contributed by atoms with Crippen LogP contribution >= 0.6 is 11.6 Å².